The van der Waals surface area contributed by atoms with Crippen LogP contribution >= 0.6 is 11.3 Å². The molecule has 0 aliphatic heterocycles. The molecule has 1 heterocycles. The average Bonchev–Trinajstić information content (AvgIpc) is 2.82. The van der Waals surface area contributed by atoms with E-state index in [0.717, 1.165) is 24.4 Å². The number of nitrogens with zero attached hydrogens (tertiary/aromatic N) is 1. The lowest BCUT2D eigenvalue weighted by atomic mass is 10.4. The number of rotatable bonds is 8. The summed E-state index contributed by atoms with van der Waals surface area (Å²) in [5, 5.41) is 3.21. The van der Waals surface area contributed by atoms with Gasteiger partial charge in [0.1, 0.15) is 4.21 Å². The first-order chi connectivity index (χ1) is 8.93. The highest BCUT2D eigenvalue weighted by atomic mass is 32.2. The molecule has 0 saturated heterocycles. The van der Waals surface area contributed by atoms with E-state index in [4.69, 9.17) is 0 Å². The lowest BCUT2D eigenvalue weighted by Crippen LogP contribution is -2.37. The van der Waals surface area contributed by atoms with Crippen molar-refractivity contribution in [1.82, 2.24) is 9.62 Å². The van der Waals surface area contributed by atoms with Crippen molar-refractivity contribution in [3.05, 3.63) is 17.0 Å². The van der Waals surface area contributed by atoms with Crippen LogP contribution in [0.15, 0.2) is 16.3 Å². The molecule has 110 valence electrons. The maximum Gasteiger partial charge on any atom is 0.252 e. The summed E-state index contributed by atoms with van der Waals surface area (Å²) >= 11 is 1.36. The number of hydrogen-bond donors (Lipinski definition) is 1. The minimum atomic E-state index is -3.34. The fraction of sp³-hybridized carbons (Fsp3) is 0.692. The van der Waals surface area contributed by atoms with Gasteiger partial charge >= 0.3 is 0 Å². The summed E-state index contributed by atoms with van der Waals surface area (Å²) in [5.74, 6) is 0. The van der Waals surface area contributed by atoms with Gasteiger partial charge in [-0.1, -0.05) is 13.8 Å². The van der Waals surface area contributed by atoms with E-state index in [0.29, 0.717) is 10.8 Å². The Kier molecular flexibility index (Phi) is 6.46. The first-order valence-corrected chi connectivity index (χ1v) is 9.00. The van der Waals surface area contributed by atoms with E-state index in [9.17, 15) is 8.42 Å². The fourth-order valence-corrected chi connectivity index (χ4v) is 5.02. The molecule has 0 aromatic carbocycles. The minimum Gasteiger partial charge on any atom is -0.312 e. The summed E-state index contributed by atoms with van der Waals surface area (Å²) in [5.41, 5.74) is 0. The molecule has 1 aromatic heterocycles. The van der Waals surface area contributed by atoms with Gasteiger partial charge < -0.3 is 5.32 Å². The van der Waals surface area contributed by atoms with E-state index in [1.54, 1.807) is 10.4 Å². The molecule has 0 aliphatic carbocycles. The highest BCUT2D eigenvalue weighted by molar-refractivity contribution is 7.91. The van der Waals surface area contributed by atoms with Crippen molar-refractivity contribution in [1.29, 1.82) is 0 Å². The summed E-state index contributed by atoms with van der Waals surface area (Å²) in [4.78, 5) is 1.06. The van der Waals surface area contributed by atoms with Crippen LogP contribution in [0.4, 0.5) is 0 Å². The maximum atomic E-state index is 12.6. The summed E-state index contributed by atoms with van der Waals surface area (Å²) in [6, 6.07) is 3.60. The van der Waals surface area contributed by atoms with E-state index >= 15 is 0 Å². The topological polar surface area (TPSA) is 49.4 Å². The Balaban J connectivity index is 2.95. The monoisotopic (exact) mass is 304 g/mol. The molecule has 0 unspecified atom stereocenters. The van der Waals surface area contributed by atoms with Crippen LogP contribution in [0.3, 0.4) is 0 Å². The van der Waals surface area contributed by atoms with Gasteiger partial charge in [0.25, 0.3) is 10.0 Å². The molecule has 0 atom stereocenters. The van der Waals surface area contributed by atoms with Gasteiger partial charge in [0, 0.05) is 24.0 Å². The largest absolute Gasteiger partial charge is 0.312 e. The van der Waals surface area contributed by atoms with Crippen molar-refractivity contribution in [2.45, 2.75) is 50.9 Å². The second kappa shape index (κ2) is 7.38. The number of nitrogens with one attached hydrogen (secondary N) is 1. The van der Waals surface area contributed by atoms with Crippen molar-refractivity contribution >= 4 is 21.4 Å². The van der Waals surface area contributed by atoms with Crippen molar-refractivity contribution < 1.29 is 8.42 Å². The van der Waals surface area contributed by atoms with E-state index in [1.165, 1.54) is 11.3 Å². The third-order valence-corrected chi connectivity index (χ3v) is 6.40. The zero-order valence-electron chi connectivity index (χ0n) is 12.1. The van der Waals surface area contributed by atoms with Gasteiger partial charge in [-0.2, -0.15) is 4.31 Å². The average molecular weight is 304 g/mol. The lowest BCUT2D eigenvalue weighted by Gasteiger charge is -2.24. The van der Waals surface area contributed by atoms with Crippen LogP contribution in [0.5, 0.6) is 0 Å². The predicted molar refractivity (Wildman–Crippen MR) is 81.0 cm³/mol. The Labute approximate surface area is 120 Å². The maximum absolute atomic E-state index is 12.6. The first kappa shape index (κ1) is 16.6. The van der Waals surface area contributed by atoms with Crippen LogP contribution in [0.1, 0.15) is 39.0 Å². The smallest absolute Gasteiger partial charge is 0.252 e. The molecule has 6 heteroatoms. The molecule has 1 rings (SSSR count). The van der Waals surface area contributed by atoms with Crippen molar-refractivity contribution in [2.75, 3.05) is 13.1 Å². The summed E-state index contributed by atoms with van der Waals surface area (Å²) in [6.45, 7) is 10.0. The van der Waals surface area contributed by atoms with Crippen LogP contribution < -0.4 is 5.32 Å². The molecule has 0 amide bonds. The van der Waals surface area contributed by atoms with Crippen molar-refractivity contribution in [3.63, 3.8) is 0 Å². The molecule has 0 fully saturated rings. The second-order valence-corrected chi connectivity index (χ2v) is 8.00. The molecular weight excluding hydrogens is 280 g/mol. The fourth-order valence-electron chi connectivity index (χ4n) is 1.83. The number of sulfonamides is 1. The molecule has 0 radical (unpaired) electrons. The zero-order chi connectivity index (χ0) is 14.5. The van der Waals surface area contributed by atoms with Gasteiger partial charge in [-0.05, 0) is 38.9 Å². The van der Waals surface area contributed by atoms with E-state index in [-0.39, 0.29) is 6.04 Å². The zero-order valence-corrected chi connectivity index (χ0v) is 13.8. The predicted octanol–water partition coefficient (Wildman–Crippen LogP) is 2.67. The van der Waals surface area contributed by atoms with Gasteiger partial charge in [0.05, 0.1) is 0 Å². The van der Waals surface area contributed by atoms with Crippen molar-refractivity contribution in [3.8, 4) is 0 Å². The molecule has 0 saturated carbocycles. The van der Waals surface area contributed by atoms with Crippen LogP contribution in [0, 0.1) is 0 Å². The second-order valence-electron chi connectivity index (χ2n) is 4.71. The molecule has 1 N–H and O–H groups in total. The van der Waals surface area contributed by atoms with Crippen LogP contribution in [-0.4, -0.2) is 31.9 Å². The summed E-state index contributed by atoms with van der Waals surface area (Å²) < 4.78 is 27.2. The van der Waals surface area contributed by atoms with Gasteiger partial charge in [0.2, 0.25) is 0 Å². The normalized spacial score (nSPS) is 12.5. The molecule has 19 heavy (non-hydrogen) atoms. The van der Waals surface area contributed by atoms with Crippen LogP contribution in [-0.2, 0) is 16.6 Å². The molecule has 0 spiro atoms. The summed E-state index contributed by atoms with van der Waals surface area (Å²) in [7, 11) is -3.34. The molecule has 1 aromatic rings. The molecular formula is C13H24N2O2S2. The number of thiophene rings is 1. The van der Waals surface area contributed by atoms with Crippen molar-refractivity contribution in [2.24, 2.45) is 0 Å². The Morgan fingerprint density at radius 3 is 2.53 bits per heavy atom. The van der Waals surface area contributed by atoms with Crippen LogP contribution in [0.2, 0.25) is 0 Å². The van der Waals surface area contributed by atoms with E-state index in [2.05, 4.69) is 5.32 Å². The quantitative estimate of drug-likeness (QED) is 0.803. The Morgan fingerprint density at radius 1 is 1.32 bits per heavy atom. The highest BCUT2D eigenvalue weighted by Crippen LogP contribution is 2.26. The third kappa shape index (κ3) is 4.27. The number of hydrogen-bond acceptors (Lipinski definition) is 4. The standard InChI is InChI=1S/C13H24N2O2S2/c1-5-9-15(11(3)4)19(16,17)13-8-7-12(18-13)10-14-6-2/h7-8,11,14H,5-6,9-10H2,1-4H3. The van der Waals surface area contributed by atoms with E-state index < -0.39 is 10.0 Å². The van der Waals surface area contributed by atoms with Crippen LogP contribution in [0.25, 0.3) is 0 Å². The molecule has 0 bridgehead atoms. The highest BCUT2D eigenvalue weighted by Gasteiger charge is 2.27. The first-order valence-electron chi connectivity index (χ1n) is 6.74. The minimum absolute atomic E-state index is 0.00994. The van der Waals surface area contributed by atoms with Gasteiger partial charge in [-0.15, -0.1) is 11.3 Å². The Bertz CT molecular complexity index is 481. The van der Waals surface area contributed by atoms with Gasteiger partial charge in [-0.25, -0.2) is 8.42 Å². The molecule has 0 aliphatic rings. The SMILES string of the molecule is CCCN(C(C)C)S(=O)(=O)c1ccc(CNCC)s1. The third-order valence-electron chi connectivity index (χ3n) is 2.77. The Morgan fingerprint density at radius 2 is 2.00 bits per heavy atom. The molecule has 4 nitrogen and oxygen atoms in total. The van der Waals surface area contributed by atoms with E-state index in [1.807, 2.05) is 33.8 Å². The Hall–Kier alpha value is -0.430. The van der Waals surface area contributed by atoms with Gasteiger partial charge in [-0.3, -0.25) is 0 Å². The lowest BCUT2D eigenvalue weighted by molar-refractivity contribution is 0.355. The van der Waals surface area contributed by atoms with Gasteiger partial charge in [0.15, 0.2) is 0 Å². The summed E-state index contributed by atoms with van der Waals surface area (Å²) in [6.07, 6.45) is 0.826.